The number of carbonyl (C=O) groups excluding carboxylic acids is 1. The molecule has 3 rings (SSSR count). The summed E-state index contributed by atoms with van der Waals surface area (Å²) in [5.41, 5.74) is -0.651. The molecule has 0 saturated heterocycles. The second kappa shape index (κ2) is 5.53. The van der Waals surface area contributed by atoms with Crippen LogP contribution in [0.15, 0.2) is 65.7 Å². The van der Waals surface area contributed by atoms with E-state index in [9.17, 15) is 18.0 Å². The quantitative estimate of drug-likeness (QED) is 0.810. The predicted molar refractivity (Wildman–Crippen MR) is 77.8 cm³/mol. The van der Waals surface area contributed by atoms with E-state index in [1.165, 1.54) is 0 Å². The van der Waals surface area contributed by atoms with Crippen molar-refractivity contribution in [2.24, 2.45) is 4.99 Å². The van der Waals surface area contributed by atoms with E-state index in [-0.39, 0.29) is 6.42 Å². The van der Waals surface area contributed by atoms with E-state index in [2.05, 4.69) is 9.73 Å². The van der Waals surface area contributed by atoms with Gasteiger partial charge in [0.15, 0.2) is 5.54 Å². The van der Waals surface area contributed by atoms with E-state index in [1.807, 2.05) is 0 Å². The van der Waals surface area contributed by atoms with Gasteiger partial charge >= 0.3 is 18.0 Å². The van der Waals surface area contributed by atoms with Crippen molar-refractivity contribution in [2.75, 3.05) is 0 Å². The lowest BCUT2D eigenvalue weighted by atomic mass is 9.84. The van der Waals surface area contributed by atoms with Crippen molar-refractivity contribution in [2.45, 2.75) is 18.1 Å². The molecular formula is C17H12F3NO2. The molecule has 1 unspecified atom stereocenters. The number of halogens is 3. The Bertz CT molecular complexity index is 741. The molecule has 1 aliphatic heterocycles. The second-order valence-electron chi connectivity index (χ2n) is 5.19. The lowest BCUT2D eigenvalue weighted by molar-refractivity contribution is -0.143. The summed E-state index contributed by atoms with van der Waals surface area (Å²) < 4.78 is 43.2. The highest BCUT2D eigenvalue weighted by atomic mass is 19.4. The van der Waals surface area contributed by atoms with E-state index in [0.29, 0.717) is 11.1 Å². The monoisotopic (exact) mass is 319 g/mol. The molecule has 0 N–H and O–H groups in total. The number of rotatable bonds is 3. The van der Waals surface area contributed by atoms with Crippen LogP contribution >= 0.6 is 0 Å². The van der Waals surface area contributed by atoms with Crippen LogP contribution in [0.3, 0.4) is 0 Å². The number of esters is 1. The Morgan fingerprint density at radius 3 is 2.04 bits per heavy atom. The van der Waals surface area contributed by atoms with Crippen LogP contribution in [-0.4, -0.2) is 18.0 Å². The lowest BCUT2D eigenvalue weighted by Gasteiger charge is -2.22. The zero-order valence-electron chi connectivity index (χ0n) is 11.9. The van der Waals surface area contributed by atoms with Gasteiger partial charge < -0.3 is 4.74 Å². The van der Waals surface area contributed by atoms with Crippen molar-refractivity contribution in [3.05, 3.63) is 71.8 Å². The minimum absolute atomic E-state index is 0.00370. The second-order valence-corrected chi connectivity index (χ2v) is 5.19. The van der Waals surface area contributed by atoms with Gasteiger partial charge in [-0.3, -0.25) is 0 Å². The lowest BCUT2D eigenvalue weighted by Crippen LogP contribution is -2.33. The molecule has 0 bridgehead atoms. The predicted octanol–water partition coefficient (Wildman–Crippen LogP) is 3.64. The highest BCUT2D eigenvalue weighted by molar-refractivity contribution is 6.02. The molecule has 1 heterocycles. The summed E-state index contributed by atoms with van der Waals surface area (Å²) in [6.07, 6.45) is -4.81. The Balaban J connectivity index is 2.12. The van der Waals surface area contributed by atoms with Gasteiger partial charge in [-0.05, 0) is 11.1 Å². The number of alkyl halides is 3. The smallest absolute Gasteiger partial charge is 0.400 e. The summed E-state index contributed by atoms with van der Waals surface area (Å²) in [4.78, 5) is 16.0. The largest absolute Gasteiger partial charge is 0.468 e. The molecule has 0 aliphatic carbocycles. The van der Waals surface area contributed by atoms with Crippen LogP contribution in [-0.2, 0) is 21.5 Å². The number of carbonyl (C=O) groups is 1. The zero-order valence-corrected chi connectivity index (χ0v) is 11.9. The summed E-state index contributed by atoms with van der Waals surface area (Å²) in [7, 11) is 0. The van der Waals surface area contributed by atoms with Crippen molar-refractivity contribution >= 4 is 11.9 Å². The summed E-state index contributed by atoms with van der Waals surface area (Å²) in [5.74, 6) is -2.51. The summed E-state index contributed by atoms with van der Waals surface area (Å²) >= 11 is 0. The number of hydrogen-bond donors (Lipinski definition) is 0. The Morgan fingerprint density at radius 2 is 1.52 bits per heavy atom. The Morgan fingerprint density at radius 1 is 0.957 bits per heavy atom. The normalized spacial score (nSPS) is 21.0. The highest BCUT2D eigenvalue weighted by Gasteiger charge is 2.54. The number of aliphatic imine (C=N–C) groups is 1. The SMILES string of the molecule is O=C1OC(C(F)(F)F)=NC1(Cc1ccccc1)c1ccccc1. The van der Waals surface area contributed by atoms with Gasteiger partial charge in [-0.15, -0.1) is 0 Å². The Kier molecular flexibility index (Phi) is 3.67. The van der Waals surface area contributed by atoms with Gasteiger partial charge in [0.05, 0.1) is 0 Å². The van der Waals surface area contributed by atoms with Gasteiger partial charge in [0.25, 0.3) is 0 Å². The minimum Gasteiger partial charge on any atom is -0.400 e. The number of cyclic esters (lactones) is 1. The molecule has 2 aromatic carbocycles. The van der Waals surface area contributed by atoms with Gasteiger partial charge in [0.2, 0.25) is 0 Å². The number of ether oxygens (including phenoxy) is 1. The Labute approximate surface area is 130 Å². The standard InChI is InChI=1S/C17H12F3NO2/c18-17(19,20)14-21-16(15(22)23-14,13-9-5-2-6-10-13)11-12-7-3-1-4-8-12/h1-10H,11H2. The number of benzene rings is 2. The van der Waals surface area contributed by atoms with Crippen LogP contribution in [0.4, 0.5) is 13.2 Å². The fourth-order valence-electron chi connectivity index (χ4n) is 2.54. The number of nitrogens with zero attached hydrogens (tertiary/aromatic N) is 1. The first-order chi connectivity index (χ1) is 10.9. The van der Waals surface area contributed by atoms with Crippen molar-refractivity contribution in [3.8, 4) is 0 Å². The molecule has 2 aromatic rings. The zero-order chi connectivity index (χ0) is 16.5. The molecular weight excluding hydrogens is 307 g/mol. The van der Waals surface area contributed by atoms with Crippen LogP contribution in [0.25, 0.3) is 0 Å². The molecule has 0 spiro atoms. The Hall–Kier alpha value is -2.63. The van der Waals surface area contributed by atoms with Crippen molar-refractivity contribution < 1.29 is 22.7 Å². The van der Waals surface area contributed by atoms with Gasteiger partial charge in [-0.25, -0.2) is 9.79 Å². The molecule has 0 aromatic heterocycles. The molecule has 0 saturated carbocycles. The molecule has 0 fully saturated rings. The van der Waals surface area contributed by atoms with Crippen molar-refractivity contribution in [3.63, 3.8) is 0 Å². The first kappa shape index (κ1) is 15.3. The third-order valence-corrected chi connectivity index (χ3v) is 3.62. The topological polar surface area (TPSA) is 38.7 Å². The van der Waals surface area contributed by atoms with Gasteiger partial charge in [0, 0.05) is 6.42 Å². The highest BCUT2D eigenvalue weighted by Crippen LogP contribution is 2.38. The molecule has 1 atom stereocenters. The minimum atomic E-state index is -4.80. The van der Waals surface area contributed by atoms with Crippen LogP contribution in [0.5, 0.6) is 0 Å². The molecule has 0 radical (unpaired) electrons. The maximum absolute atomic E-state index is 12.9. The summed E-state index contributed by atoms with van der Waals surface area (Å²) in [6, 6.07) is 16.9. The molecule has 23 heavy (non-hydrogen) atoms. The van der Waals surface area contributed by atoms with E-state index < -0.39 is 23.6 Å². The third-order valence-electron chi connectivity index (χ3n) is 3.62. The van der Waals surface area contributed by atoms with E-state index in [1.54, 1.807) is 60.7 Å². The van der Waals surface area contributed by atoms with Crippen LogP contribution in [0, 0.1) is 0 Å². The van der Waals surface area contributed by atoms with E-state index in [4.69, 9.17) is 0 Å². The van der Waals surface area contributed by atoms with E-state index in [0.717, 1.165) is 0 Å². The third kappa shape index (κ3) is 2.84. The van der Waals surface area contributed by atoms with Gasteiger partial charge in [0.1, 0.15) is 0 Å². The average molecular weight is 319 g/mol. The fraction of sp³-hybridized carbons (Fsp3) is 0.176. The van der Waals surface area contributed by atoms with Crippen LogP contribution < -0.4 is 0 Å². The first-order valence-corrected chi connectivity index (χ1v) is 6.91. The molecule has 1 aliphatic rings. The van der Waals surface area contributed by atoms with Crippen LogP contribution in [0.1, 0.15) is 11.1 Å². The molecule has 0 amide bonds. The molecule has 6 heteroatoms. The maximum atomic E-state index is 12.9. The molecule has 3 nitrogen and oxygen atoms in total. The number of hydrogen-bond acceptors (Lipinski definition) is 3. The average Bonchev–Trinajstić information content (AvgIpc) is 2.87. The van der Waals surface area contributed by atoms with Crippen LogP contribution in [0.2, 0.25) is 0 Å². The van der Waals surface area contributed by atoms with Gasteiger partial charge in [-0.2, -0.15) is 13.2 Å². The first-order valence-electron chi connectivity index (χ1n) is 6.91. The summed E-state index contributed by atoms with van der Waals surface area (Å²) in [6.45, 7) is 0. The maximum Gasteiger partial charge on any atom is 0.468 e. The van der Waals surface area contributed by atoms with Crippen molar-refractivity contribution in [1.82, 2.24) is 0 Å². The fourth-order valence-corrected chi connectivity index (χ4v) is 2.54. The molecule has 118 valence electrons. The van der Waals surface area contributed by atoms with Gasteiger partial charge in [-0.1, -0.05) is 60.7 Å². The van der Waals surface area contributed by atoms with Crippen molar-refractivity contribution in [1.29, 1.82) is 0 Å². The summed E-state index contributed by atoms with van der Waals surface area (Å²) in [5, 5.41) is 0. The van der Waals surface area contributed by atoms with E-state index >= 15 is 0 Å².